The van der Waals surface area contributed by atoms with Crippen LogP contribution in [0.2, 0.25) is 0 Å². The minimum atomic E-state index is -5.84. The number of para-hydroxylation sites is 1. The first-order valence-electron chi connectivity index (χ1n) is 9.53. The summed E-state index contributed by atoms with van der Waals surface area (Å²) in [5, 5.41) is 0.251. The van der Waals surface area contributed by atoms with Crippen LogP contribution in [0, 0.1) is 0 Å². The Morgan fingerprint density at radius 1 is 1.15 bits per heavy atom. The summed E-state index contributed by atoms with van der Waals surface area (Å²) >= 11 is 0. The molecule has 1 aromatic carbocycles. The normalized spacial score (nSPS) is 14.6. The molecule has 6 nitrogen and oxygen atoms in total. The lowest BCUT2D eigenvalue weighted by Crippen LogP contribution is -2.45. The second-order valence-electron chi connectivity index (χ2n) is 7.31. The first-order chi connectivity index (χ1) is 15.4. The van der Waals surface area contributed by atoms with Crippen molar-refractivity contribution in [2.75, 3.05) is 6.54 Å². The Bertz CT molecular complexity index is 1200. The average molecular weight is 472 g/mol. The fourth-order valence-electron chi connectivity index (χ4n) is 3.54. The molecule has 4 rings (SSSR count). The monoisotopic (exact) mass is 472 g/mol. The number of furan rings is 1. The lowest BCUT2D eigenvalue weighted by Gasteiger charge is -2.27. The van der Waals surface area contributed by atoms with E-state index >= 15 is 0 Å². The molecule has 0 fully saturated rings. The number of pyridine rings is 1. The van der Waals surface area contributed by atoms with E-state index in [1.54, 1.807) is 12.3 Å². The van der Waals surface area contributed by atoms with Gasteiger partial charge in [0.05, 0.1) is 12.1 Å². The third-order valence-electron chi connectivity index (χ3n) is 5.06. The molecular formula is C21H14F6N2O4. The first-order valence-corrected chi connectivity index (χ1v) is 9.53. The molecular weight excluding hydrogens is 458 g/mol. The molecule has 0 atom stereocenters. The Balaban J connectivity index is 1.59. The highest BCUT2D eigenvalue weighted by Crippen LogP contribution is 2.37. The van der Waals surface area contributed by atoms with Gasteiger partial charge in [-0.25, -0.2) is 4.79 Å². The summed E-state index contributed by atoms with van der Waals surface area (Å²) in [6.07, 6.45) is -12.4. The van der Waals surface area contributed by atoms with Gasteiger partial charge in [0.15, 0.2) is 0 Å². The van der Waals surface area contributed by atoms with Gasteiger partial charge in [-0.05, 0) is 30.2 Å². The van der Waals surface area contributed by atoms with E-state index in [-0.39, 0.29) is 29.2 Å². The topological polar surface area (TPSA) is 72.6 Å². The number of alkyl halides is 6. The summed E-state index contributed by atoms with van der Waals surface area (Å²) in [5.41, 5.74) is 0.420. The number of carbonyl (C=O) groups is 2. The third kappa shape index (κ3) is 4.50. The molecule has 2 aromatic heterocycles. The van der Waals surface area contributed by atoms with Crippen molar-refractivity contribution < 1.29 is 45.1 Å². The van der Waals surface area contributed by atoms with E-state index in [0.29, 0.717) is 18.5 Å². The van der Waals surface area contributed by atoms with Crippen LogP contribution in [0.15, 0.2) is 47.1 Å². The number of amides is 1. The van der Waals surface area contributed by atoms with Crippen LogP contribution in [0.3, 0.4) is 0 Å². The Morgan fingerprint density at radius 3 is 2.58 bits per heavy atom. The highest BCUT2D eigenvalue weighted by molar-refractivity contribution is 6.02. The van der Waals surface area contributed by atoms with Crippen molar-refractivity contribution >= 4 is 22.8 Å². The number of carbonyl (C=O) groups excluding carboxylic acids is 2. The highest BCUT2D eigenvalue weighted by Gasteiger charge is 2.60. The van der Waals surface area contributed by atoms with Gasteiger partial charge in [-0.2, -0.15) is 26.3 Å². The van der Waals surface area contributed by atoms with Gasteiger partial charge < -0.3 is 14.1 Å². The standard InChI is InChI=1S/C21H14F6N2O4/c22-20(23,24)19(21(25,26)27)33-18(31)14-3-1-2-12-8-13(32-16(12)14)10-29-7-5-11-4-6-28-9-15(11)17(29)30/h1-4,6,8-9,19H,5,7,10H2. The van der Waals surface area contributed by atoms with Crippen LogP contribution >= 0.6 is 0 Å². The zero-order valence-corrected chi connectivity index (χ0v) is 16.5. The fraction of sp³-hybridized carbons (Fsp3) is 0.286. The summed E-state index contributed by atoms with van der Waals surface area (Å²) < 4.78 is 85.8. The number of benzene rings is 1. The van der Waals surface area contributed by atoms with Gasteiger partial charge in [-0.15, -0.1) is 0 Å². The van der Waals surface area contributed by atoms with Crippen molar-refractivity contribution in [3.63, 3.8) is 0 Å². The number of esters is 1. The SMILES string of the molecule is O=C(OC(C(F)(F)F)C(F)(F)F)c1cccc2cc(CN3CCc4ccncc4C3=O)oc12. The largest absolute Gasteiger partial charge is 0.458 e. The van der Waals surface area contributed by atoms with Crippen LogP contribution in [0.4, 0.5) is 26.3 Å². The summed E-state index contributed by atoms with van der Waals surface area (Å²) in [6.45, 7) is 0.338. The number of rotatable bonds is 4. The molecule has 0 unspecified atom stereocenters. The summed E-state index contributed by atoms with van der Waals surface area (Å²) in [6, 6.07) is 6.90. The van der Waals surface area contributed by atoms with Crippen LogP contribution in [-0.4, -0.2) is 46.8 Å². The van der Waals surface area contributed by atoms with E-state index in [0.717, 1.165) is 11.6 Å². The maximum absolute atomic E-state index is 12.8. The van der Waals surface area contributed by atoms with Crippen LogP contribution in [0.5, 0.6) is 0 Å². The summed E-state index contributed by atoms with van der Waals surface area (Å²) in [4.78, 5) is 30.3. The Labute approximate surface area is 181 Å². The van der Waals surface area contributed by atoms with E-state index in [9.17, 15) is 35.9 Å². The molecule has 0 saturated heterocycles. The van der Waals surface area contributed by atoms with Gasteiger partial charge in [-0.3, -0.25) is 9.78 Å². The Morgan fingerprint density at radius 2 is 1.88 bits per heavy atom. The average Bonchev–Trinajstić information content (AvgIpc) is 3.15. The fourth-order valence-corrected chi connectivity index (χ4v) is 3.54. The molecule has 12 heteroatoms. The minimum Gasteiger partial charge on any atom is -0.458 e. The minimum absolute atomic E-state index is 0.0237. The van der Waals surface area contributed by atoms with E-state index in [2.05, 4.69) is 9.72 Å². The van der Waals surface area contributed by atoms with Crippen LogP contribution < -0.4 is 0 Å². The third-order valence-corrected chi connectivity index (χ3v) is 5.06. The Hall–Kier alpha value is -3.57. The maximum atomic E-state index is 12.8. The number of aromatic nitrogens is 1. The van der Waals surface area contributed by atoms with Crippen LogP contribution in [-0.2, 0) is 17.7 Å². The molecule has 174 valence electrons. The summed E-state index contributed by atoms with van der Waals surface area (Å²) in [5.74, 6) is -1.95. The molecule has 1 amide bonds. The Kier molecular flexibility index (Phi) is 5.54. The molecule has 0 aliphatic carbocycles. The van der Waals surface area contributed by atoms with Gasteiger partial charge >= 0.3 is 18.3 Å². The number of nitrogens with zero attached hydrogens (tertiary/aromatic N) is 2. The van der Waals surface area contributed by atoms with E-state index in [4.69, 9.17) is 4.42 Å². The smallest absolute Gasteiger partial charge is 0.434 e. The molecule has 3 aromatic rings. The molecule has 33 heavy (non-hydrogen) atoms. The van der Waals surface area contributed by atoms with Crippen LogP contribution in [0.25, 0.3) is 11.0 Å². The molecule has 0 saturated carbocycles. The zero-order chi connectivity index (χ0) is 24.0. The second kappa shape index (κ2) is 8.09. The molecule has 1 aliphatic heterocycles. The first kappa shape index (κ1) is 22.6. The predicted octanol–water partition coefficient (Wildman–Crippen LogP) is 4.68. The lowest BCUT2D eigenvalue weighted by molar-refractivity contribution is -0.307. The molecule has 0 radical (unpaired) electrons. The van der Waals surface area contributed by atoms with E-state index < -0.39 is 30.0 Å². The molecule has 3 heterocycles. The van der Waals surface area contributed by atoms with Gasteiger partial charge in [0, 0.05) is 24.3 Å². The maximum Gasteiger partial charge on any atom is 0.434 e. The van der Waals surface area contributed by atoms with Crippen molar-refractivity contribution in [2.24, 2.45) is 0 Å². The van der Waals surface area contributed by atoms with Gasteiger partial charge in [-0.1, -0.05) is 12.1 Å². The highest BCUT2D eigenvalue weighted by atomic mass is 19.4. The predicted molar refractivity (Wildman–Crippen MR) is 100 cm³/mol. The number of ether oxygens (including phenoxy) is 1. The zero-order valence-electron chi connectivity index (χ0n) is 16.5. The van der Waals surface area contributed by atoms with Crippen molar-refractivity contribution in [2.45, 2.75) is 31.4 Å². The number of hydrogen-bond acceptors (Lipinski definition) is 5. The number of fused-ring (bicyclic) bond motifs is 2. The van der Waals surface area contributed by atoms with Crippen LogP contribution in [0.1, 0.15) is 32.0 Å². The number of halogens is 6. The quantitative estimate of drug-likeness (QED) is 0.408. The molecule has 0 bridgehead atoms. The summed E-state index contributed by atoms with van der Waals surface area (Å²) in [7, 11) is 0. The molecule has 1 aliphatic rings. The van der Waals surface area contributed by atoms with Crippen molar-refractivity contribution in [3.05, 3.63) is 65.2 Å². The van der Waals surface area contributed by atoms with Crippen molar-refractivity contribution in [1.29, 1.82) is 0 Å². The van der Waals surface area contributed by atoms with Gasteiger partial charge in [0.1, 0.15) is 16.9 Å². The molecule has 0 spiro atoms. The lowest BCUT2D eigenvalue weighted by atomic mass is 10.0. The van der Waals surface area contributed by atoms with E-state index in [1.165, 1.54) is 29.3 Å². The van der Waals surface area contributed by atoms with E-state index in [1.807, 2.05) is 0 Å². The van der Waals surface area contributed by atoms with Gasteiger partial charge in [0.25, 0.3) is 12.0 Å². The van der Waals surface area contributed by atoms with Gasteiger partial charge in [0.2, 0.25) is 0 Å². The van der Waals surface area contributed by atoms with Crippen molar-refractivity contribution in [1.82, 2.24) is 9.88 Å². The second-order valence-corrected chi connectivity index (χ2v) is 7.31. The van der Waals surface area contributed by atoms with Crippen molar-refractivity contribution in [3.8, 4) is 0 Å². The number of hydrogen-bond donors (Lipinski definition) is 0. The molecule has 0 N–H and O–H groups in total.